The molecule has 1 saturated heterocycles. The maximum Gasteiger partial charge on any atom is 0.123 e. The zero-order valence-electron chi connectivity index (χ0n) is 5.25. The molecule has 2 fully saturated rings. The number of carbonyl (C=O) groups is 1. The van der Waals surface area contributed by atoms with Crippen molar-refractivity contribution in [3.05, 3.63) is 0 Å². The molecule has 1 aliphatic heterocycles. The van der Waals surface area contributed by atoms with E-state index in [0.717, 1.165) is 25.5 Å². The molecular formula is C7H10O2. The quantitative estimate of drug-likeness (QED) is 0.383. The van der Waals surface area contributed by atoms with Gasteiger partial charge in [0.05, 0.1) is 12.2 Å². The molecule has 0 aromatic rings. The molecule has 0 N–H and O–H groups in total. The third kappa shape index (κ3) is 0.874. The van der Waals surface area contributed by atoms with Gasteiger partial charge in [-0.15, -0.1) is 0 Å². The van der Waals surface area contributed by atoms with Crippen molar-refractivity contribution in [2.45, 2.75) is 31.5 Å². The molecule has 2 nitrogen and oxygen atoms in total. The normalized spacial score (nSPS) is 47.8. The minimum absolute atomic E-state index is 0.300. The Labute approximate surface area is 54.2 Å². The van der Waals surface area contributed by atoms with Crippen LogP contribution >= 0.6 is 0 Å². The second kappa shape index (κ2) is 1.81. The van der Waals surface area contributed by atoms with Gasteiger partial charge in [-0.25, -0.2) is 0 Å². The van der Waals surface area contributed by atoms with E-state index >= 15 is 0 Å². The van der Waals surface area contributed by atoms with Crippen LogP contribution in [0.25, 0.3) is 0 Å². The van der Waals surface area contributed by atoms with Gasteiger partial charge in [0, 0.05) is 5.92 Å². The van der Waals surface area contributed by atoms with Crippen LogP contribution in [0, 0.1) is 5.92 Å². The van der Waals surface area contributed by atoms with Gasteiger partial charge in [0.15, 0.2) is 0 Å². The lowest BCUT2D eigenvalue weighted by atomic mass is 9.91. The van der Waals surface area contributed by atoms with Crippen LogP contribution in [0.4, 0.5) is 0 Å². The van der Waals surface area contributed by atoms with E-state index in [1.807, 2.05) is 0 Å². The minimum Gasteiger partial charge on any atom is -0.370 e. The molecule has 0 aromatic heterocycles. The molecule has 0 spiro atoms. The van der Waals surface area contributed by atoms with Crippen molar-refractivity contribution < 1.29 is 9.53 Å². The zero-order valence-corrected chi connectivity index (χ0v) is 5.25. The lowest BCUT2D eigenvalue weighted by molar-refractivity contribution is -0.111. The number of aldehydes is 1. The Balaban J connectivity index is 1.93. The summed E-state index contributed by atoms with van der Waals surface area (Å²) in [7, 11) is 0. The molecule has 1 saturated carbocycles. The Morgan fingerprint density at radius 1 is 1.33 bits per heavy atom. The van der Waals surface area contributed by atoms with E-state index in [1.54, 1.807) is 0 Å². The largest absolute Gasteiger partial charge is 0.370 e. The predicted molar refractivity (Wildman–Crippen MR) is 32.1 cm³/mol. The highest BCUT2D eigenvalue weighted by atomic mass is 16.6. The van der Waals surface area contributed by atoms with Gasteiger partial charge in [-0.2, -0.15) is 0 Å². The van der Waals surface area contributed by atoms with Crippen LogP contribution < -0.4 is 0 Å². The molecule has 0 aromatic carbocycles. The van der Waals surface area contributed by atoms with E-state index in [-0.39, 0.29) is 0 Å². The molecule has 0 radical (unpaired) electrons. The lowest BCUT2D eigenvalue weighted by Gasteiger charge is -2.10. The summed E-state index contributed by atoms with van der Waals surface area (Å²) in [6, 6.07) is 0. The summed E-state index contributed by atoms with van der Waals surface area (Å²) < 4.78 is 5.25. The van der Waals surface area contributed by atoms with Gasteiger partial charge in [0.1, 0.15) is 6.29 Å². The van der Waals surface area contributed by atoms with Crippen molar-refractivity contribution in [2.24, 2.45) is 5.92 Å². The third-order valence-corrected chi connectivity index (χ3v) is 2.24. The number of hydrogen-bond acceptors (Lipinski definition) is 2. The molecule has 2 unspecified atom stereocenters. The number of epoxide rings is 1. The van der Waals surface area contributed by atoms with Gasteiger partial charge in [0.2, 0.25) is 0 Å². The highest BCUT2D eigenvalue weighted by Gasteiger charge is 2.43. The van der Waals surface area contributed by atoms with E-state index in [0.29, 0.717) is 18.1 Å². The van der Waals surface area contributed by atoms with E-state index in [4.69, 9.17) is 4.74 Å². The smallest absolute Gasteiger partial charge is 0.123 e. The molecular weight excluding hydrogens is 116 g/mol. The first-order valence-electron chi connectivity index (χ1n) is 3.51. The molecule has 2 rings (SSSR count). The summed E-state index contributed by atoms with van der Waals surface area (Å²) in [5, 5.41) is 0. The van der Waals surface area contributed by atoms with Crippen LogP contribution in [0.15, 0.2) is 0 Å². The molecule has 2 heteroatoms. The van der Waals surface area contributed by atoms with Crippen LogP contribution in [0.3, 0.4) is 0 Å². The fourth-order valence-corrected chi connectivity index (χ4v) is 1.56. The van der Waals surface area contributed by atoms with E-state index < -0.39 is 0 Å². The van der Waals surface area contributed by atoms with E-state index in [2.05, 4.69) is 0 Å². The van der Waals surface area contributed by atoms with Crippen molar-refractivity contribution in [3.63, 3.8) is 0 Å². The zero-order chi connectivity index (χ0) is 6.27. The van der Waals surface area contributed by atoms with Crippen molar-refractivity contribution in [2.75, 3.05) is 0 Å². The van der Waals surface area contributed by atoms with Gasteiger partial charge >= 0.3 is 0 Å². The SMILES string of the molecule is O=C[C@@H]1CCC2OC2C1. The molecule has 2 aliphatic rings. The van der Waals surface area contributed by atoms with Crippen molar-refractivity contribution in [1.82, 2.24) is 0 Å². The van der Waals surface area contributed by atoms with Gasteiger partial charge < -0.3 is 9.53 Å². The summed E-state index contributed by atoms with van der Waals surface area (Å²) >= 11 is 0. The first kappa shape index (κ1) is 5.42. The molecule has 0 amide bonds. The van der Waals surface area contributed by atoms with Crippen LogP contribution in [-0.4, -0.2) is 18.5 Å². The first-order chi connectivity index (χ1) is 4.40. The highest BCUT2D eigenvalue weighted by molar-refractivity contribution is 5.54. The molecule has 1 aliphatic carbocycles. The Bertz CT molecular complexity index is 133. The maximum absolute atomic E-state index is 10.3. The van der Waals surface area contributed by atoms with Crippen LogP contribution in [0.1, 0.15) is 19.3 Å². The van der Waals surface area contributed by atoms with Gasteiger partial charge in [-0.05, 0) is 19.3 Å². The van der Waals surface area contributed by atoms with Crippen molar-refractivity contribution in [3.8, 4) is 0 Å². The Morgan fingerprint density at radius 3 is 2.89 bits per heavy atom. The number of fused-ring (bicyclic) bond motifs is 1. The third-order valence-electron chi connectivity index (χ3n) is 2.24. The summed E-state index contributed by atoms with van der Waals surface area (Å²) in [5.74, 6) is 0.300. The highest BCUT2D eigenvalue weighted by Crippen LogP contribution is 2.38. The molecule has 50 valence electrons. The van der Waals surface area contributed by atoms with Gasteiger partial charge in [0.25, 0.3) is 0 Å². The summed E-state index contributed by atoms with van der Waals surface area (Å²) in [4.78, 5) is 10.3. The average molecular weight is 126 g/mol. The molecule has 0 bridgehead atoms. The van der Waals surface area contributed by atoms with E-state index in [1.165, 1.54) is 0 Å². The van der Waals surface area contributed by atoms with Gasteiger partial charge in [-0.1, -0.05) is 0 Å². The van der Waals surface area contributed by atoms with Crippen LogP contribution in [0.5, 0.6) is 0 Å². The van der Waals surface area contributed by atoms with E-state index in [9.17, 15) is 4.79 Å². The summed E-state index contributed by atoms with van der Waals surface area (Å²) in [5.41, 5.74) is 0. The van der Waals surface area contributed by atoms with Gasteiger partial charge in [-0.3, -0.25) is 0 Å². The summed E-state index contributed by atoms with van der Waals surface area (Å²) in [6.07, 6.45) is 5.18. The second-order valence-electron chi connectivity index (χ2n) is 2.92. The van der Waals surface area contributed by atoms with Crippen LogP contribution in [0.2, 0.25) is 0 Å². The monoisotopic (exact) mass is 126 g/mol. The fraction of sp³-hybridized carbons (Fsp3) is 0.857. The summed E-state index contributed by atoms with van der Waals surface area (Å²) in [6.45, 7) is 0. The molecule has 9 heavy (non-hydrogen) atoms. The number of ether oxygens (including phenoxy) is 1. The fourth-order valence-electron chi connectivity index (χ4n) is 1.56. The maximum atomic E-state index is 10.3. The molecule has 1 heterocycles. The van der Waals surface area contributed by atoms with Crippen LogP contribution in [-0.2, 0) is 9.53 Å². The van der Waals surface area contributed by atoms with Crippen molar-refractivity contribution in [1.29, 1.82) is 0 Å². The van der Waals surface area contributed by atoms with Crippen molar-refractivity contribution >= 4 is 6.29 Å². The lowest BCUT2D eigenvalue weighted by Crippen LogP contribution is -2.13. The molecule has 3 atom stereocenters. The standard InChI is InChI=1S/C7H10O2/c8-4-5-1-2-6-7(3-5)9-6/h4-7H,1-3H2/t5-,6?,7?/m1/s1. The number of rotatable bonds is 1. The average Bonchev–Trinajstić information content (AvgIpc) is 2.64. The number of carbonyl (C=O) groups excluding carboxylic acids is 1. The second-order valence-corrected chi connectivity index (χ2v) is 2.92. The topological polar surface area (TPSA) is 29.6 Å². The number of hydrogen-bond donors (Lipinski definition) is 0. The Hall–Kier alpha value is -0.370. The predicted octanol–water partition coefficient (Wildman–Crippen LogP) is 0.753. The minimum atomic E-state index is 0.300. The Morgan fingerprint density at radius 2 is 2.22 bits per heavy atom. The first-order valence-corrected chi connectivity index (χ1v) is 3.51. The Kier molecular flexibility index (Phi) is 1.09.